The molecule has 30 heavy (non-hydrogen) atoms. The van der Waals surface area contributed by atoms with Crippen LogP contribution in [0, 0.1) is 0 Å². The van der Waals surface area contributed by atoms with Gasteiger partial charge in [0.25, 0.3) is 0 Å². The van der Waals surface area contributed by atoms with Crippen molar-refractivity contribution < 1.29 is 19.0 Å². The van der Waals surface area contributed by atoms with Gasteiger partial charge in [0, 0.05) is 26.1 Å². The predicted molar refractivity (Wildman–Crippen MR) is 132 cm³/mol. The summed E-state index contributed by atoms with van der Waals surface area (Å²) in [6.45, 7) is 6.72. The number of aliphatic imine (C=N–C) groups is 1. The fraction of sp³-hybridized carbons (Fsp3) is 0.636. The first-order valence-corrected chi connectivity index (χ1v) is 10.5. The van der Waals surface area contributed by atoms with Gasteiger partial charge < -0.3 is 24.8 Å². The Bertz CT molecular complexity index is 626. The van der Waals surface area contributed by atoms with E-state index in [1.54, 1.807) is 14.2 Å². The fourth-order valence-corrected chi connectivity index (χ4v) is 2.86. The van der Waals surface area contributed by atoms with E-state index in [2.05, 4.69) is 22.5 Å². The molecule has 0 spiro atoms. The maximum atomic E-state index is 11.3. The largest absolute Gasteiger partial charge is 0.493 e. The van der Waals surface area contributed by atoms with Gasteiger partial charge in [-0.05, 0) is 50.8 Å². The molecule has 1 rings (SSSR count). The van der Waals surface area contributed by atoms with E-state index in [1.165, 1.54) is 5.56 Å². The fourth-order valence-electron chi connectivity index (χ4n) is 2.86. The molecule has 0 atom stereocenters. The van der Waals surface area contributed by atoms with Crippen LogP contribution in [0.25, 0.3) is 0 Å². The summed E-state index contributed by atoms with van der Waals surface area (Å²) in [5.74, 6) is 2.22. The smallest absolute Gasteiger partial charge is 0.305 e. The van der Waals surface area contributed by atoms with Crippen LogP contribution in [0.15, 0.2) is 23.2 Å². The number of guanidine groups is 1. The molecule has 2 N–H and O–H groups in total. The van der Waals surface area contributed by atoms with E-state index in [9.17, 15) is 4.79 Å². The van der Waals surface area contributed by atoms with Crippen LogP contribution in [0.4, 0.5) is 0 Å². The third-order valence-electron chi connectivity index (χ3n) is 4.36. The molecule has 0 saturated heterocycles. The highest BCUT2D eigenvalue weighted by Gasteiger charge is 2.05. The number of esters is 1. The number of carbonyl (C=O) groups is 1. The molecule has 0 saturated carbocycles. The van der Waals surface area contributed by atoms with E-state index in [0.717, 1.165) is 69.2 Å². The maximum absolute atomic E-state index is 11.3. The SMILES string of the molecule is CCNC(=NCCCCCCC(=O)OCC)NCCc1ccc(OC)c(OC)c1.I. The molecular formula is C22H38IN3O4. The van der Waals surface area contributed by atoms with E-state index in [1.807, 2.05) is 25.1 Å². The number of nitrogens with one attached hydrogen (secondary N) is 2. The van der Waals surface area contributed by atoms with Gasteiger partial charge in [-0.3, -0.25) is 9.79 Å². The van der Waals surface area contributed by atoms with Crippen molar-refractivity contribution >= 4 is 35.9 Å². The summed E-state index contributed by atoms with van der Waals surface area (Å²) in [6.07, 6.45) is 5.35. The predicted octanol–water partition coefficient (Wildman–Crippen LogP) is 3.93. The Morgan fingerprint density at radius 3 is 2.40 bits per heavy atom. The highest BCUT2D eigenvalue weighted by Crippen LogP contribution is 2.27. The van der Waals surface area contributed by atoms with Crippen LogP contribution in [0.3, 0.4) is 0 Å². The number of rotatable bonds is 14. The first-order chi connectivity index (χ1) is 14.1. The van der Waals surface area contributed by atoms with Gasteiger partial charge in [0.1, 0.15) is 0 Å². The van der Waals surface area contributed by atoms with Gasteiger partial charge in [0.2, 0.25) is 0 Å². The van der Waals surface area contributed by atoms with Crippen LogP contribution in [-0.4, -0.2) is 52.4 Å². The van der Waals surface area contributed by atoms with Crippen molar-refractivity contribution in [3.63, 3.8) is 0 Å². The summed E-state index contributed by atoms with van der Waals surface area (Å²) < 4.78 is 15.6. The summed E-state index contributed by atoms with van der Waals surface area (Å²) in [5, 5.41) is 6.65. The average Bonchev–Trinajstić information content (AvgIpc) is 2.73. The van der Waals surface area contributed by atoms with E-state index in [4.69, 9.17) is 14.2 Å². The highest BCUT2D eigenvalue weighted by atomic mass is 127. The maximum Gasteiger partial charge on any atom is 0.305 e. The van der Waals surface area contributed by atoms with Crippen molar-refractivity contribution in [1.29, 1.82) is 0 Å². The molecule has 1 aromatic carbocycles. The minimum absolute atomic E-state index is 0. The van der Waals surface area contributed by atoms with Crippen molar-refractivity contribution in [2.24, 2.45) is 4.99 Å². The van der Waals surface area contributed by atoms with Gasteiger partial charge in [-0.1, -0.05) is 18.9 Å². The van der Waals surface area contributed by atoms with Crippen LogP contribution >= 0.6 is 24.0 Å². The van der Waals surface area contributed by atoms with E-state index in [-0.39, 0.29) is 29.9 Å². The number of benzene rings is 1. The number of methoxy groups -OCH3 is 2. The van der Waals surface area contributed by atoms with Gasteiger partial charge in [0.05, 0.1) is 20.8 Å². The summed E-state index contributed by atoms with van der Waals surface area (Å²) in [7, 11) is 3.28. The molecular weight excluding hydrogens is 497 g/mol. The van der Waals surface area contributed by atoms with Gasteiger partial charge >= 0.3 is 5.97 Å². The second kappa shape index (κ2) is 18.1. The lowest BCUT2D eigenvalue weighted by atomic mass is 10.1. The molecule has 8 heteroatoms. The molecule has 0 fully saturated rings. The second-order valence-corrected chi connectivity index (χ2v) is 6.60. The van der Waals surface area contributed by atoms with Crippen molar-refractivity contribution in [2.45, 2.75) is 52.4 Å². The van der Waals surface area contributed by atoms with Crippen LogP contribution in [0.1, 0.15) is 51.5 Å². The number of ether oxygens (including phenoxy) is 3. The van der Waals surface area contributed by atoms with Crippen molar-refractivity contribution in [3.8, 4) is 11.5 Å². The van der Waals surface area contributed by atoms with Crippen molar-refractivity contribution in [2.75, 3.05) is 40.5 Å². The Morgan fingerprint density at radius 2 is 1.73 bits per heavy atom. The average molecular weight is 535 g/mol. The molecule has 7 nitrogen and oxygen atoms in total. The van der Waals surface area contributed by atoms with Crippen molar-refractivity contribution in [1.82, 2.24) is 10.6 Å². The molecule has 0 aliphatic heterocycles. The van der Waals surface area contributed by atoms with Crippen LogP contribution in [0.2, 0.25) is 0 Å². The molecule has 0 amide bonds. The lowest BCUT2D eigenvalue weighted by molar-refractivity contribution is -0.143. The highest BCUT2D eigenvalue weighted by molar-refractivity contribution is 14.0. The van der Waals surface area contributed by atoms with Gasteiger partial charge in [-0.25, -0.2) is 0 Å². The summed E-state index contributed by atoms with van der Waals surface area (Å²) in [4.78, 5) is 15.9. The van der Waals surface area contributed by atoms with Crippen LogP contribution < -0.4 is 20.1 Å². The normalized spacial score (nSPS) is 10.7. The Morgan fingerprint density at radius 1 is 1.00 bits per heavy atom. The first kappa shape index (κ1) is 28.3. The lowest BCUT2D eigenvalue weighted by Gasteiger charge is -2.12. The molecule has 1 aromatic rings. The van der Waals surface area contributed by atoms with Gasteiger partial charge in [0.15, 0.2) is 17.5 Å². The summed E-state index contributed by atoms with van der Waals surface area (Å²) in [5.41, 5.74) is 1.17. The topological polar surface area (TPSA) is 81.2 Å². The summed E-state index contributed by atoms with van der Waals surface area (Å²) in [6, 6.07) is 5.97. The Hall–Kier alpha value is -1.71. The summed E-state index contributed by atoms with van der Waals surface area (Å²) >= 11 is 0. The molecule has 0 heterocycles. The Labute approximate surface area is 198 Å². The monoisotopic (exact) mass is 535 g/mol. The zero-order chi connectivity index (χ0) is 21.3. The van der Waals surface area contributed by atoms with E-state index < -0.39 is 0 Å². The molecule has 172 valence electrons. The first-order valence-electron chi connectivity index (χ1n) is 10.5. The number of nitrogens with zero attached hydrogens (tertiary/aromatic N) is 1. The minimum atomic E-state index is -0.0985. The van der Waals surface area contributed by atoms with E-state index >= 15 is 0 Å². The number of halogens is 1. The molecule has 0 aliphatic rings. The van der Waals surface area contributed by atoms with Crippen LogP contribution in [0.5, 0.6) is 11.5 Å². The van der Waals surface area contributed by atoms with Gasteiger partial charge in [-0.2, -0.15) is 0 Å². The lowest BCUT2D eigenvalue weighted by Crippen LogP contribution is -2.38. The van der Waals surface area contributed by atoms with Gasteiger partial charge in [-0.15, -0.1) is 24.0 Å². The Balaban J connectivity index is 0.00000841. The molecule has 0 aromatic heterocycles. The number of carbonyl (C=O) groups excluding carboxylic acids is 1. The second-order valence-electron chi connectivity index (χ2n) is 6.60. The molecule has 0 radical (unpaired) electrons. The van der Waals surface area contributed by atoms with Crippen LogP contribution in [-0.2, 0) is 16.0 Å². The third-order valence-corrected chi connectivity index (χ3v) is 4.36. The third kappa shape index (κ3) is 12.1. The quantitative estimate of drug-likeness (QED) is 0.124. The molecule has 0 unspecified atom stereocenters. The molecule has 0 aliphatic carbocycles. The number of hydrogen-bond acceptors (Lipinski definition) is 5. The standard InChI is InChI=1S/C22H37N3O4.HI/c1-5-23-22(24-15-10-8-7-9-11-21(26)29-6-2)25-16-14-18-12-13-19(27-3)20(17-18)28-4;/h12-13,17H,5-11,14-16H2,1-4H3,(H2,23,24,25);1H. The molecule has 0 bridgehead atoms. The minimum Gasteiger partial charge on any atom is -0.493 e. The Kier molecular flexibility index (Phi) is 17.1. The van der Waals surface area contributed by atoms with E-state index in [0.29, 0.717) is 13.0 Å². The zero-order valence-corrected chi connectivity index (χ0v) is 21.1. The number of hydrogen-bond donors (Lipinski definition) is 2. The number of unbranched alkanes of at least 4 members (excludes halogenated alkanes) is 3. The van der Waals surface area contributed by atoms with Crippen molar-refractivity contribution in [3.05, 3.63) is 23.8 Å². The zero-order valence-electron chi connectivity index (χ0n) is 18.8.